The second-order valence-electron chi connectivity index (χ2n) is 9.36. The first-order chi connectivity index (χ1) is 16.5. The SMILES string of the molecule is O=C(NC[C@H]1C[C@H]1C(=O)N[C@@H]1C=CC[C@@H](C(=O)O)C1)OCC1c2ccccc2-c2ccccc21. The van der Waals surface area contributed by atoms with Crippen molar-refractivity contribution in [3.63, 3.8) is 0 Å². The number of hydrogen-bond acceptors (Lipinski definition) is 4. The molecule has 2 amide bonds. The number of nitrogens with one attached hydrogen (secondary N) is 2. The van der Waals surface area contributed by atoms with Gasteiger partial charge in [0.2, 0.25) is 5.91 Å². The summed E-state index contributed by atoms with van der Waals surface area (Å²) in [5.41, 5.74) is 4.69. The van der Waals surface area contributed by atoms with Gasteiger partial charge in [0.25, 0.3) is 0 Å². The number of aliphatic carboxylic acids is 1. The fraction of sp³-hybridized carbons (Fsp3) is 0.370. The molecule has 7 heteroatoms. The van der Waals surface area contributed by atoms with E-state index in [0.29, 0.717) is 25.8 Å². The summed E-state index contributed by atoms with van der Waals surface area (Å²) in [5, 5.41) is 14.9. The van der Waals surface area contributed by atoms with Gasteiger partial charge in [-0.3, -0.25) is 9.59 Å². The van der Waals surface area contributed by atoms with Gasteiger partial charge in [0, 0.05) is 24.4 Å². The number of allylic oxidation sites excluding steroid dienone is 1. The highest BCUT2D eigenvalue weighted by Gasteiger charge is 2.43. The number of fused-ring (bicyclic) bond motifs is 3. The number of amides is 2. The van der Waals surface area contributed by atoms with Crippen molar-refractivity contribution < 1.29 is 24.2 Å². The average Bonchev–Trinajstić information content (AvgIpc) is 3.57. The summed E-state index contributed by atoms with van der Waals surface area (Å²) in [6.45, 7) is 0.639. The van der Waals surface area contributed by atoms with Gasteiger partial charge in [-0.1, -0.05) is 60.7 Å². The van der Waals surface area contributed by atoms with Crippen LogP contribution in [0.5, 0.6) is 0 Å². The van der Waals surface area contributed by atoms with Crippen molar-refractivity contribution in [2.45, 2.75) is 31.2 Å². The number of alkyl carbamates (subject to hydrolysis) is 1. The average molecular weight is 461 g/mol. The molecule has 4 atom stereocenters. The van der Waals surface area contributed by atoms with Crippen molar-refractivity contribution in [2.75, 3.05) is 13.2 Å². The van der Waals surface area contributed by atoms with Gasteiger partial charge in [0.15, 0.2) is 0 Å². The van der Waals surface area contributed by atoms with Crippen molar-refractivity contribution in [2.24, 2.45) is 17.8 Å². The van der Waals surface area contributed by atoms with Gasteiger partial charge in [-0.15, -0.1) is 0 Å². The van der Waals surface area contributed by atoms with Gasteiger partial charge in [-0.05, 0) is 47.4 Å². The molecular weight excluding hydrogens is 432 g/mol. The molecule has 3 aliphatic carbocycles. The van der Waals surface area contributed by atoms with Crippen LogP contribution in [0.15, 0.2) is 60.7 Å². The van der Waals surface area contributed by atoms with E-state index in [1.807, 2.05) is 36.4 Å². The van der Waals surface area contributed by atoms with Gasteiger partial charge in [0.05, 0.1) is 5.92 Å². The predicted octanol–water partition coefficient (Wildman–Crippen LogP) is 3.70. The highest BCUT2D eigenvalue weighted by atomic mass is 16.5. The largest absolute Gasteiger partial charge is 0.481 e. The topological polar surface area (TPSA) is 105 Å². The van der Waals surface area contributed by atoms with Crippen LogP contribution in [0.3, 0.4) is 0 Å². The third kappa shape index (κ3) is 4.55. The molecule has 2 aromatic rings. The van der Waals surface area contributed by atoms with Crippen molar-refractivity contribution in [3.05, 3.63) is 71.8 Å². The Hall–Kier alpha value is -3.61. The van der Waals surface area contributed by atoms with Gasteiger partial charge in [-0.25, -0.2) is 4.79 Å². The molecule has 2 aromatic carbocycles. The molecule has 0 aliphatic heterocycles. The molecular formula is C27H28N2O5. The maximum absolute atomic E-state index is 12.5. The highest BCUT2D eigenvalue weighted by Crippen LogP contribution is 2.44. The molecule has 0 radical (unpaired) electrons. The zero-order chi connectivity index (χ0) is 23.7. The van der Waals surface area contributed by atoms with E-state index in [1.54, 1.807) is 0 Å². The van der Waals surface area contributed by atoms with Gasteiger partial charge >= 0.3 is 12.1 Å². The lowest BCUT2D eigenvalue weighted by Gasteiger charge is -2.22. The number of carbonyl (C=O) groups excluding carboxylic acids is 2. The lowest BCUT2D eigenvalue weighted by atomic mass is 9.91. The summed E-state index contributed by atoms with van der Waals surface area (Å²) in [7, 11) is 0. The van der Waals surface area contributed by atoms with Crippen LogP contribution in [-0.4, -0.2) is 42.3 Å². The summed E-state index contributed by atoms with van der Waals surface area (Å²) in [6, 6.07) is 16.1. The van der Waals surface area contributed by atoms with Gasteiger partial charge in [0.1, 0.15) is 6.61 Å². The van der Waals surface area contributed by atoms with Gasteiger partial charge < -0.3 is 20.5 Å². The number of hydrogen-bond donors (Lipinski definition) is 3. The van der Waals surface area contributed by atoms with Crippen molar-refractivity contribution in [1.29, 1.82) is 0 Å². The number of carboxylic acids is 1. The second kappa shape index (κ2) is 9.33. The molecule has 0 bridgehead atoms. The Bertz CT molecular complexity index is 1100. The fourth-order valence-electron chi connectivity index (χ4n) is 5.15. The van der Waals surface area contributed by atoms with E-state index in [2.05, 4.69) is 34.9 Å². The van der Waals surface area contributed by atoms with E-state index < -0.39 is 18.0 Å². The van der Waals surface area contributed by atoms with E-state index in [0.717, 1.165) is 11.1 Å². The number of benzene rings is 2. The third-order valence-electron chi connectivity index (χ3n) is 7.12. The minimum absolute atomic E-state index is 0.00998. The van der Waals surface area contributed by atoms with Crippen molar-refractivity contribution >= 4 is 18.0 Å². The maximum atomic E-state index is 12.5. The molecule has 1 saturated carbocycles. The first kappa shape index (κ1) is 22.2. The minimum atomic E-state index is -0.833. The zero-order valence-electron chi connectivity index (χ0n) is 18.8. The first-order valence-corrected chi connectivity index (χ1v) is 11.8. The molecule has 3 aliphatic rings. The first-order valence-electron chi connectivity index (χ1n) is 11.8. The molecule has 0 spiro atoms. The van der Waals surface area contributed by atoms with E-state index in [-0.39, 0.29) is 36.3 Å². The molecule has 3 N–H and O–H groups in total. The maximum Gasteiger partial charge on any atom is 0.407 e. The van der Waals surface area contributed by atoms with Gasteiger partial charge in [-0.2, -0.15) is 0 Å². The molecule has 0 saturated heterocycles. The quantitative estimate of drug-likeness (QED) is 0.547. The van der Waals surface area contributed by atoms with Crippen LogP contribution in [0.25, 0.3) is 11.1 Å². The van der Waals surface area contributed by atoms with Crippen LogP contribution in [0.1, 0.15) is 36.3 Å². The zero-order valence-corrected chi connectivity index (χ0v) is 18.8. The standard InChI is InChI=1S/C27H28N2O5/c30-25(29-18-7-5-6-16(12-18)26(31)32)23-13-17(23)14-28-27(33)34-15-24-21-10-3-1-8-19(21)20-9-2-4-11-22(20)24/h1-5,7-11,16-18,23-24H,6,12-15H2,(H,28,33)(H,29,30)(H,31,32)/t16-,17-,18-,23-/m1/s1. The summed E-state index contributed by atoms with van der Waals surface area (Å²) in [5.74, 6) is -1.45. The van der Waals surface area contributed by atoms with Crippen LogP contribution >= 0.6 is 0 Å². The molecule has 7 nitrogen and oxygen atoms in total. The molecule has 1 fully saturated rings. The predicted molar refractivity (Wildman–Crippen MR) is 126 cm³/mol. The Morgan fingerprint density at radius 3 is 2.32 bits per heavy atom. The molecule has 5 rings (SSSR count). The lowest BCUT2D eigenvalue weighted by molar-refractivity contribution is -0.142. The molecule has 176 valence electrons. The summed E-state index contributed by atoms with van der Waals surface area (Å²) in [4.78, 5) is 36.0. The summed E-state index contributed by atoms with van der Waals surface area (Å²) >= 11 is 0. The Morgan fingerprint density at radius 2 is 1.65 bits per heavy atom. The van der Waals surface area contributed by atoms with Crippen LogP contribution in [-0.2, 0) is 14.3 Å². The van der Waals surface area contributed by atoms with Crippen LogP contribution < -0.4 is 10.6 Å². The Balaban J connectivity index is 1.08. The Kier molecular flexibility index (Phi) is 6.09. The number of carboxylic acid groups (broad SMARTS) is 1. The number of carbonyl (C=O) groups is 3. The van der Waals surface area contributed by atoms with E-state index in [1.165, 1.54) is 11.1 Å². The van der Waals surface area contributed by atoms with E-state index in [4.69, 9.17) is 4.74 Å². The minimum Gasteiger partial charge on any atom is -0.481 e. The third-order valence-corrected chi connectivity index (χ3v) is 7.12. The monoisotopic (exact) mass is 460 g/mol. The molecule has 0 unspecified atom stereocenters. The molecule has 0 aromatic heterocycles. The van der Waals surface area contributed by atoms with Crippen LogP contribution in [0.2, 0.25) is 0 Å². The fourth-order valence-corrected chi connectivity index (χ4v) is 5.15. The number of rotatable bonds is 7. The Morgan fingerprint density at radius 1 is 0.971 bits per heavy atom. The lowest BCUT2D eigenvalue weighted by Crippen LogP contribution is -2.39. The summed E-state index contributed by atoms with van der Waals surface area (Å²) in [6.07, 6.45) is 4.81. The van der Waals surface area contributed by atoms with Crippen molar-refractivity contribution in [3.8, 4) is 11.1 Å². The smallest absolute Gasteiger partial charge is 0.407 e. The highest BCUT2D eigenvalue weighted by molar-refractivity contribution is 5.82. The molecule has 34 heavy (non-hydrogen) atoms. The summed E-state index contributed by atoms with van der Waals surface area (Å²) < 4.78 is 5.55. The molecule has 0 heterocycles. The van der Waals surface area contributed by atoms with Crippen LogP contribution in [0.4, 0.5) is 4.79 Å². The second-order valence-corrected chi connectivity index (χ2v) is 9.36. The normalized spacial score (nSPS) is 24.6. The number of ether oxygens (including phenoxy) is 1. The Labute approximate surface area is 198 Å². The van der Waals surface area contributed by atoms with Crippen LogP contribution in [0, 0.1) is 17.8 Å². The van der Waals surface area contributed by atoms with E-state index in [9.17, 15) is 19.5 Å². The van der Waals surface area contributed by atoms with Crippen molar-refractivity contribution in [1.82, 2.24) is 10.6 Å². The van der Waals surface area contributed by atoms with E-state index >= 15 is 0 Å².